The molecule has 0 amide bonds. The maximum atomic E-state index is 12.0. The lowest BCUT2D eigenvalue weighted by Crippen LogP contribution is -2.40. The number of nitrogens with one attached hydrogen (secondary N) is 1. The van der Waals surface area contributed by atoms with Crippen molar-refractivity contribution in [1.82, 2.24) is 4.72 Å². The number of rotatable bonds is 2. The monoisotopic (exact) mass is 237 g/mol. The summed E-state index contributed by atoms with van der Waals surface area (Å²) in [7, 11) is -3.55. The molecule has 1 N–H and O–H groups in total. The van der Waals surface area contributed by atoms with Gasteiger partial charge < -0.3 is 0 Å². The first-order valence-corrected chi connectivity index (χ1v) is 6.34. The van der Waals surface area contributed by atoms with Crippen molar-refractivity contribution in [2.45, 2.75) is 31.2 Å². The second kappa shape index (κ2) is 4.28. The lowest BCUT2D eigenvalue weighted by atomic mass is 10.1. The number of hydrogen-bond acceptors (Lipinski definition) is 2. The summed E-state index contributed by atoms with van der Waals surface area (Å²) in [6, 6.07) is 6.48. The highest BCUT2D eigenvalue weighted by atomic mass is 32.2. The Hall–Kier alpha value is -1.31. The molecule has 1 aromatic rings. The fourth-order valence-corrected chi connectivity index (χ4v) is 2.87. The molecule has 0 spiro atoms. The van der Waals surface area contributed by atoms with E-state index in [1.807, 2.05) is 0 Å². The second-order valence-corrected chi connectivity index (χ2v) is 6.15. The van der Waals surface area contributed by atoms with E-state index in [9.17, 15) is 8.42 Å². The van der Waals surface area contributed by atoms with E-state index in [2.05, 4.69) is 10.6 Å². The minimum absolute atomic E-state index is 0.146. The van der Waals surface area contributed by atoms with E-state index in [1.54, 1.807) is 39.0 Å². The zero-order chi connectivity index (χ0) is 12.4. The van der Waals surface area contributed by atoms with Crippen molar-refractivity contribution in [2.24, 2.45) is 0 Å². The van der Waals surface area contributed by atoms with E-state index in [1.165, 1.54) is 6.07 Å². The van der Waals surface area contributed by atoms with Gasteiger partial charge in [-0.15, -0.1) is 6.42 Å². The van der Waals surface area contributed by atoms with Crippen LogP contribution in [0.4, 0.5) is 0 Å². The van der Waals surface area contributed by atoms with Crippen molar-refractivity contribution in [3.05, 3.63) is 29.8 Å². The molecule has 0 aromatic heterocycles. The predicted octanol–water partition coefficient (Wildman–Crippen LogP) is 1.74. The average molecular weight is 237 g/mol. The smallest absolute Gasteiger partial charge is 0.207 e. The van der Waals surface area contributed by atoms with Crippen LogP contribution in [0.25, 0.3) is 0 Å². The molecular weight excluding hydrogens is 222 g/mol. The zero-order valence-corrected chi connectivity index (χ0v) is 10.4. The summed E-state index contributed by atoms with van der Waals surface area (Å²) in [4.78, 5) is 0.146. The summed E-state index contributed by atoms with van der Waals surface area (Å²) in [5.74, 6) is 2.37. The van der Waals surface area contributed by atoms with Crippen molar-refractivity contribution >= 4 is 10.0 Å². The molecular formula is C12H15NO2S. The van der Waals surface area contributed by atoms with Gasteiger partial charge in [0.05, 0.1) is 4.90 Å². The van der Waals surface area contributed by atoms with E-state index in [4.69, 9.17) is 6.42 Å². The van der Waals surface area contributed by atoms with Gasteiger partial charge in [0.15, 0.2) is 0 Å². The Morgan fingerprint density at radius 2 is 1.81 bits per heavy atom. The largest absolute Gasteiger partial charge is 0.242 e. The third kappa shape index (κ3) is 3.09. The van der Waals surface area contributed by atoms with E-state index in [0.29, 0.717) is 5.56 Å². The average Bonchev–Trinajstić information content (AvgIpc) is 2.14. The summed E-state index contributed by atoms with van der Waals surface area (Å²) in [5, 5.41) is 0. The van der Waals surface area contributed by atoms with Crippen LogP contribution in [0.2, 0.25) is 0 Å². The van der Waals surface area contributed by atoms with Crippen LogP contribution < -0.4 is 4.72 Å². The molecule has 0 heterocycles. The Morgan fingerprint density at radius 1 is 1.25 bits per heavy atom. The third-order valence-corrected chi connectivity index (χ3v) is 3.59. The summed E-state index contributed by atoms with van der Waals surface area (Å²) >= 11 is 0. The molecule has 1 rings (SSSR count). The molecule has 0 saturated heterocycles. The quantitative estimate of drug-likeness (QED) is 0.796. The summed E-state index contributed by atoms with van der Waals surface area (Å²) in [5.41, 5.74) is -0.153. The molecule has 0 atom stereocenters. The van der Waals surface area contributed by atoms with Gasteiger partial charge in [0.25, 0.3) is 0 Å². The molecule has 0 radical (unpaired) electrons. The van der Waals surface area contributed by atoms with Crippen molar-refractivity contribution in [2.75, 3.05) is 0 Å². The fraction of sp³-hybridized carbons (Fsp3) is 0.333. The summed E-state index contributed by atoms with van der Waals surface area (Å²) in [6.07, 6.45) is 5.27. The predicted molar refractivity (Wildman–Crippen MR) is 64.5 cm³/mol. The second-order valence-electron chi connectivity index (χ2n) is 4.50. The van der Waals surface area contributed by atoms with Crippen LogP contribution in [-0.4, -0.2) is 14.0 Å². The molecule has 1 aromatic carbocycles. The minimum Gasteiger partial charge on any atom is -0.207 e. The van der Waals surface area contributed by atoms with Gasteiger partial charge >= 0.3 is 0 Å². The Labute approximate surface area is 96.9 Å². The van der Waals surface area contributed by atoms with E-state index in [-0.39, 0.29) is 4.90 Å². The highest BCUT2D eigenvalue weighted by molar-refractivity contribution is 7.89. The van der Waals surface area contributed by atoms with Crippen molar-refractivity contribution < 1.29 is 8.42 Å². The molecule has 3 nitrogen and oxygen atoms in total. The number of sulfonamides is 1. The van der Waals surface area contributed by atoms with E-state index < -0.39 is 15.6 Å². The molecule has 0 aliphatic carbocycles. The fourth-order valence-electron chi connectivity index (χ4n) is 1.28. The molecule has 0 fully saturated rings. The van der Waals surface area contributed by atoms with Crippen molar-refractivity contribution in [3.8, 4) is 12.3 Å². The third-order valence-electron chi connectivity index (χ3n) is 1.77. The van der Waals surface area contributed by atoms with Crippen LogP contribution in [0.1, 0.15) is 26.3 Å². The van der Waals surface area contributed by atoms with Crippen LogP contribution in [0.3, 0.4) is 0 Å². The first-order chi connectivity index (χ1) is 7.26. The van der Waals surface area contributed by atoms with Crippen LogP contribution >= 0.6 is 0 Å². The summed E-state index contributed by atoms with van der Waals surface area (Å²) in [6.45, 7) is 5.34. The molecule has 0 bridgehead atoms. The van der Waals surface area contributed by atoms with Crippen LogP contribution in [-0.2, 0) is 10.0 Å². The van der Waals surface area contributed by atoms with Crippen molar-refractivity contribution in [1.29, 1.82) is 0 Å². The standard InChI is InChI=1S/C12H15NO2S/c1-5-10-8-6-7-9-11(10)16(14,15)13-12(2,3)4/h1,6-9,13H,2-4H3. The van der Waals surface area contributed by atoms with Gasteiger partial charge in [-0.25, -0.2) is 13.1 Å². The minimum atomic E-state index is -3.55. The van der Waals surface area contributed by atoms with Crippen molar-refractivity contribution in [3.63, 3.8) is 0 Å². The van der Waals surface area contributed by atoms with Crippen LogP contribution in [0.15, 0.2) is 29.2 Å². The highest BCUT2D eigenvalue weighted by Crippen LogP contribution is 2.16. The Balaban J connectivity index is 3.24. The number of hydrogen-bond donors (Lipinski definition) is 1. The zero-order valence-electron chi connectivity index (χ0n) is 9.61. The molecule has 4 heteroatoms. The first-order valence-electron chi connectivity index (χ1n) is 4.86. The Morgan fingerprint density at radius 3 is 2.31 bits per heavy atom. The molecule has 0 unspecified atom stereocenters. The lowest BCUT2D eigenvalue weighted by Gasteiger charge is -2.20. The van der Waals surface area contributed by atoms with Gasteiger partial charge in [-0.05, 0) is 32.9 Å². The van der Waals surface area contributed by atoms with Gasteiger partial charge in [-0.2, -0.15) is 0 Å². The topological polar surface area (TPSA) is 46.2 Å². The van der Waals surface area contributed by atoms with Gasteiger partial charge in [-0.3, -0.25) is 0 Å². The van der Waals surface area contributed by atoms with E-state index >= 15 is 0 Å². The van der Waals surface area contributed by atoms with Crippen LogP contribution in [0, 0.1) is 12.3 Å². The van der Waals surface area contributed by atoms with Gasteiger partial charge in [0.2, 0.25) is 10.0 Å². The normalized spacial score (nSPS) is 12.1. The maximum absolute atomic E-state index is 12.0. The Kier molecular flexibility index (Phi) is 3.41. The van der Waals surface area contributed by atoms with Crippen LogP contribution in [0.5, 0.6) is 0 Å². The number of benzene rings is 1. The van der Waals surface area contributed by atoms with Gasteiger partial charge in [-0.1, -0.05) is 18.1 Å². The van der Waals surface area contributed by atoms with E-state index in [0.717, 1.165) is 0 Å². The summed E-state index contributed by atoms with van der Waals surface area (Å²) < 4.78 is 26.6. The molecule has 0 saturated carbocycles. The molecule has 16 heavy (non-hydrogen) atoms. The van der Waals surface area contributed by atoms with Gasteiger partial charge in [0.1, 0.15) is 0 Å². The molecule has 0 aliphatic rings. The van der Waals surface area contributed by atoms with Gasteiger partial charge in [0, 0.05) is 11.1 Å². The molecule has 0 aliphatic heterocycles. The number of terminal acetylenes is 1. The molecule has 86 valence electrons. The Bertz CT molecular complexity index is 519. The first kappa shape index (κ1) is 12.8. The highest BCUT2D eigenvalue weighted by Gasteiger charge is 2.23. The SMILES string of the molecule is C#Cc1ccccc1S(=O)(=O)NC(C)(C)C. The maximum Gasteiger partial charge on any atom is 0.242 e. The lowest BCUT2D eigenvalue weighted by molar-refractivity contribution is 0.491.